The maximum absolute atomic E-state index is 11.1. The molecule has 0 bridgehead atoms. The van der Waals surface area contributed by atoms with E-state index in [-0.39, 0.29) is 11.7 Å². The molecular formula is C7H13N3O2. The van der Waals surface area contributed by atoms with Crippen LogP contribution in [0.1, 0.15) is 26.3 Å². The van der Waals surface area contributed by atoms with Crippen molar-refractivity contribution in [3.05, 3.63) is 16.8 Å². The quantitative estimate of drug-likeness (QED) is 0.667. The first-order chi connectivity index (χ1) is 5.66. The molecular weight excluding hydrogens is 158 g/mol. The lowest BCUT2D eigenvalue weighted by Crippen LogP contribution is -2.30. The minimum Gasteiger partial charge on any atom is -0.391 e. The van der Waals surface area contributed by atoms with Crippen LogP contribution in [0.2, 0.25) is 0 Å². The van der Waals surface area contributed by atoms with Crippen LogP contribution in [0.3, 0.4) is 0 Å². The van der Waals surface area contributed by atoms with Crippen LogP contribution in [0.25, 0.3) is 0 Å². The zero-order valence-corrected chi connectivity index (χ0v) is 7.19. The summed E-state index contributed by atoms with van der Waals surface area (Å²) in [6, 6.07) is -0.233. The largest absolute Gasteiger partial charge is 0.391 e. The number of rotatable bonds is 3. The SMILES string of the molecule is CCC(C(C)O)n1nc[nH]c1=O. The second kappa shape index (κ2) is 3.53. The van der Waals surface area contributed by atoms with E-state index >= 15 is 0 Å². The van der Waals surface area contributed by atoms with Crippen molar-refractivity contribution in [1.29, 1.82) is 0 Å². The van der Waals surface area contributed by atoms with E-state index in [1.165, 1.54) is 11.0 Å². The Hall–Kier alpha value is -1.10. The maximum atomic E-state index is 11.1. The Morgan fingerprint density at radius 2 is 2.50 bits per heavy atom. The van der Waals surface area contributed by atoms with Crippen LogP contribution >= 0.6 is 0 Å². The molecule has 0 radical (unpaired) electrons. The first-order valence-electron chi connectivity index (χ1n) is 3.97. The molecule has 68 valence electrons. The number of H-pyrrole nitrogens is 1. The summed E-state index contributed by atoms with van der Waals surface area (Å²) >= 11 is 0. The molecule has 5 heteroatoms. The van der Waals surface area contributed by atoms with E-state index in [0.29, 0.717) is 6.42 Å². The fraction of sp³-hybridized carbons (Fsp3) is 0.714. The molecule has 1 aromatic rings. The van der Waals surface area contributed by atoms with E-state index in [9.17, 15) is 9.90 Å². The maximum Gasteiger partial charge on any atom is 0.343 e. The van der Waals surface area contributed by atoms with Crippen LogP contribution in [-0.2, 0) is 0 Å². The molecule has 2 N–H and O–H groups in total. The lowest BCUT2D eigenvalue weighted by molar-refractivity contribution is 0.118. The summed E-state index contributed by atoms with van der Waals surface area (Å²) in [6.07, 6.45) is 1.45. The Bertz CT molecular complexity index is 289. The van der Waals surface area contributed by atoms with Crippen molar-refractivity contribution in [3.63, 3.8) is 0 Å². The zero-order valence-electron chi connectivity index (χ0n) is 7.19. The number of aromatic amines is 1. The van der Waals surface area contributed by atoms with Gasteiger partial charge in [-0.25, -0.2) is 9.48 Å². The molecule has 1 aromatic heterocycles. The highest BCUT2D eigenvalue weighted by Crippen LogP contribution is 2.11. The van der Waals surface area contributed by atoms with E-state index in [0.717, 1.165) is 0 Å². The molecule has 2 atom stereocenters. The van der Waals surface area contributed by atoms with Crippen LogP contribution in [0.5, 0.6) is 0 Å². The topological polar surface area (TPSA) is 70.9 Å². The molecule has 0 saturated carbocycles. The van der Waals surface area contributed by atoms with Gasteiger partial charge in [-0.2, -0.15) is 5.10 Å². The van der Waals surface area contributed by atoms with Crippen LogP contribution in [0.4, 0.5) is 0 Å². The molecule has 1 heterocycles. The van der Waals surface area contributed by atoms with E-state index < -0.39 is 6.10 Å². The van der Waals surface area contributed by atoms with Gasteiger partial charge in [-0.3, -0.25) is 4.98 Å². The highest BCUT2D eigenvalue weighted by molar-refractivity contribution is 4.72. The fourth-order valence-corrected chi connectivity index (χ4v) is 1.22. The highest BCUT2D eigenvalue weighted by Gasteiger charge is 2.17. The van der Waals surface area contributed by atoms with Crippen molar-refractivity contribution in [2.45, 2.75) is 32.4 Å². The third-order valence-electron chi connectivity index (χ3n) is 1.87. The number of hydrogen-bond acceptors (Lipinski definition) is 3. The second-order valence-electron chi connectivity index (χ2n) is 2.75. The number of nitrogens with zero attached hydrogens (tertiary/aromatic N) is 2. The predicted molar refractivity (Wildman–Crippen MR) is 43.9 cm³/mol. The van der Waals surface area contributed by atoms with Crippen LogP contribution < -0.4 is 5.69 Å². The van der Waals surface area contributed by atoms with Crippen molar-refractivity contribution >= 4 is 0 Å². The molecule has 0 aromatic carbocycles. The van der Waals surface area contributed by atoms with Gasteiger partial charge >= 0.3 is 5.69 Å². The van der Waals surface area contributed by atoms with Crippen LogP contribution in [0.15, 0.2) is 11.1 Å². The molecule has 1 rings (SSSR count). The van der Waals surface area contributed by atoms with Gasteiger partial charge in [0.25, 0.3) is 0 Å². The molecule has 0 saturated heterocycles. The number of aliphatic hydroxyl groups is 1. The van der Waals surface area contributed by atoms with Crippen LogP contribution in [-0.4, -0.2) is 26.0 Å². The Balaban J connectivity index is 2.95. The average Bonchev–Trinajstić information content (AvgIpc) is 2.38. The van der Waals surface area contributed by atoms with E-state index in [4.69, 9.17) is 0 Å². The molecule has 0 aliphatic rings. The number of aromatic nitrogens is 3. The molecule has 5 nitrogen and oxygen atoms in total. The first kappa shape index (κ1) is 8.99. The third kappa shape index (κ3) is 1.55. The molecule has 0 spiro atoms. The van der Waals surface area contributed by atoms with Crippen molar-refractivity contribution in [2.24, 2.45) is 0 Å². The number of aliphatic hydroxyl groups excluding tert-OH is 1. The highest BCUT2D eigenvalue weighted by atomic mass is 16.3. The van der Waals surface area contributed by atoms with Crippen molar-refractivity contribution < 1.29 is 5.11 Å². The van der Waals surface area contributed by atoms with Crippen LogP contribution in [0, 0.1) is 0 Å². The lowest BCUT2D eigenvalue weighted by Gasteiger charge is -2.16. The summed E-state index contributed by atoms with van der Waals surface area (Å²) < 4.78 is 1.27. The number of nitrogens with one attached hydrogen (secondary N) is 1. The van der Waals surface area contributed by atoms with E-state index in [1.807, 2.05) is 6.92 Å². The van der Waals surface area contributed by atoms with E-state index in [2.05, 4.69) is 10.1 Å². The molecule has 0 aliphatic heterocycles. The molecule has 0 aliphatic carbocycles. The Morgan fingerprint density at radius 3 is 2.83 bits per heavy atom. The second-order valence-corrected chi connectivity index (χ2v) is 2.75. The first-order valence-corrected chi connectivity index (χ1v) is 3.97. The van der Waals surface area contributed by atoms with Gasteiger partial charge in [0.1, 0.15) is 6.33 Å². The van der Waals surface area contributed by atoms with E-state index in [1.54, 1.807) is 6.92 Å². The molecule has 12 heavy (non-hydrogen) atoms. The molecule has 2 unspecified atom stereocenters. The van der Waals surface area contributed by atoms with Gasteiger partial charge in [0, 0.05) is 0 Å². The Kier molecular flexibility index (Phi) is 2.65. The van der Waals surface area contributed by atoms with Crippen molar-refractivity contribution in [1.82, 2.24) is 14.8 Å². The summed E-state index contributed by atoms with van der Waals surface area (Å²) in [6.45, 7) is 3.55. The monoisotopic (exact) mass is 171 g/mol. The normalized spacial score (nSPS) is 15.9. The lowest BCUT2D eigenvalue weighted by atomic mass is 10.1. The van der Waals surface area contributed by atoms with Gasteiger partial charge in [0.05, 0.1) is 12.1 Å². The standard InChI is InChI=1S/C7H13N3O2/c1-3-6(5(2)11)10-7(12)8-4-9-10/h4-6,11H,3H2,1-2H3,(H,8,9,12). The summed E-state index contributed by atoms with van der Waals surface area (Å²) in [5.41, 5.74) is -0.275. The van der Waals surface area contributed by atoms with Gasteiger partial charge < -0.3 is 5.11 Å². The third-order valence-corrected chi connectivity index (χ3v) is 1.87. The summed E-state index contributed by atoms with van der Waals surface area (Å²) in [4.78, 5) is 13.5. The van der Waals surface area contributed by atoms with Crippen molar-refractivity contribution in [2.75, 3.05) is 0 Å². The van der Waals surface area contributed by atoms with Gasteiger partial charge in [-0.05, 0) is 13.3 Å². The van der Waals surface area contributed by atoms with Gasteiger partial charge in [0.15, 0.2) is 0 Å². The van der Waals surface area contributed by atoms with Gasteiger partial charge in [-0.15, -0.1) is 0 Å². The molecule has 0 amide bonds. The summed E-state index contributed by atoms with van der Waals surface area (Å²) in [5, 5.41) is 13.1. The van der Waals surface area contributed by atoms with Gasteiger partial charge in [-0.1, -0.05) is 6.92 Å². The average molecular weight is 171 g/mol. The molecule has 0 fully saturated rings. The predicted octanol–water partition coefficient (Wildman–Crippen LogP) is -0.0967. The van der Waals surface area contributed by atoms with Crippen molar-refractivity contribution in [3.8, 4) is 0 Å². The Labute approximate surface area is 70.0 Å². The number of hydrogen-bond donors (Lipinski definition) is 2. The minimum absolute atomic E-state index is 0.233. The Morgan fingerprint density at radius 1 is 1.83 bits per heavy atom. The summed E-state index contributed by atoms with van der Waals surface area (Å²) in [5.74, 6) is 0. The zero-order chi connectivity index (χ0) is 9.14. The summed E-state index contributed by atoms with van der Waals surface area (Å²) in [7, 11) is 0. The minimum atomic E-state index is -0.559. The smallest absolute Gasteiger partial charge is 0.343 e. The fourth-order valence-electron chi connectivity index (χ4n) is 1.22. The van der Waals surface area contributed by atoms with Gasteiger partial charge in [0.2, 0.25) is 0 Å².